The third kappa shape index (κ3) is 4.59. The number of aliphatic carboxylic acids is 2. The van der Waals surface area contributed by atoms with Crippen LogP contribution in [-0.2, 0) is 15.0 Å². The molecule has 2 N–H and O–H groups in total. The van der Waals surface area contributed by atoms with Crippen molar-refractivity contribution < 1.29 is 29.5 Å². The van der Waals surface area contributed by atoms with Gasteiger partial charge in [0.2, 0.25) is 5.76 Å². The molecule has 8 nitrogen and oxygen atoms in total. The number of nitro groups is 1. The van der Waals surface area contributed by atoms with Gasteiger partial charge in [-0.3, -0.25) is 10.1 Å². The van der Waals surface area contributed by atoms with Crippen molar-refractivity contribution in [2.75, 3.05) is 0 Å². The van der Waals surface area contributed by atoms with Crippen LogP contribution >= 0.6 is 0 Å². The summed E-state index contributed by atoms with van der Waals surface area (Å²) in [6.45, 7) is 9.78. The Hall–Kier alpha value is -2.90. The topological polar surface area (TPSA) is 127 Å². The van der Waals surface area contributed by atoms with E-state index in [0.29, 0.717) is 0 Å². The van der Waals surface area contributed by atoms with Crippen LogP contribution in [0.2, 0.25) is 0 Å². The highest BCUT2D eigenvalue weighted by Crippen LogP contribution is 2.40. The third-order valence-electron chi connectivity index (χ3n) is 3.55. The fourth-order valence-electron chi connectivity index (χ4n) is 2.58. The molecule has 1 rings (SSSR count). The maximum absolute atomic E-state index is 11.7. The predicted octanol–water partition coefficient (Wildman–Crippen LogP) is 3.74. The standard InChI is InChI=1S/C18H23NO7/c1-17(2,3)12-10(19(24)25)8-7-9-11(12)26-14(16(22)23)13(15(20)21)18(4,5)6/h7-9H,1-6H3,(H,20,21)(H,22,23). The lowest BCUT2D eigenvalue weighted by atomic mass is 9.84. The Morgan fingerprint density at radius 3 is 1.92 bits per heavy atom. The Kier molecular flexibility index (Phi) is 5.81. The number of carboxylic acids is 2. The average molecular weight is 365 g/mol. The van der Waals surface area contributed by atoms with E-state index in [9.17, 15) is 29.9 Å². The summed E-state index contributed by atoms with van der Waals surface area (Å²) in [6.07, 6.45) is 0. The predicted molar refractivity (Wildman–Crippen MR) is 94.2 cm³/mol. The number of hydrogen-bond donors (Lipinski definition) is 2. The van der Waals surface area contributed by atoms with Crippen molar-refractivity contribution in [3.63, 3.8) is 0 Å². The van der Waals surface area contributed by atoms with E-state index in [0.717, 1.165) is 0 Å². The van der Waals surface area contributed by atoms with Crippen molar-refractivity contribution in [1.82, 2.24) is 0 Å². The van der Waals surface area contributed by atoms with Gasteiger partial charge in [-0.2, -0.15) is 0 Å². The van der Waals surface area contributed by atoms with Crippen molar-refractivity contribution in [2.24, 2.45) is 5.41 Å². The second kappa shape index (κ2) is 7.15. The molecule has 0 fully saturated rings. The Labute approximate surface area is 151 Å². The summed E-state index contributed by atoms with van der Waals surface area (Å²) in [7, 11) is 0. The van der Waals surface area contributed by atoms with E-state index in [4.69, 9.17) is 4.74 Å². The first-order valence-electron chi connectivity index (χ1n) is 7.85. The van der Waals surface area contributed by atoms with Crippen LogP contribution in [0.25, 0.3) is 0 Å². The van der Waals surface area contributed by atoms with Crippen molar-refractivity contribution in [3.05, 3.63) is 45.2 Å². The van der Waals surface area contributed by atoms with E-state index in [1.54, 1.807) is 41.5 Å². The van der Waals surface area contributed by atoms with Gasteiger partial charge >= 0.3 is 11.9 Å². The van der Waals surface area contributed by atoms with Gasteiger partial charge < -0.3 is 14.9 Å². The summed E-state index contributed by atoms with van der Waals surface area (Å²) in [5.41, 5.74) is -2.25. The molecule has 0 saturated heterocycles. The second-order valence-corrected chi connectivity index (χ2v) is 7.82. The van der Waals surface area contributed by atoms with Gasteiger partial charge in [-0.25, -0.2) is 9.59 Å². The zero-order valence-electron chi connectivity index (χ0n) is 15.6. The molecule has 0 saturated carbocycles. The second-order valence-electron chi connectivity index (χ2n) is 7.82. The van der Waals surface area contributed by atoms with Crippen LogP contribution < -0.4 is 4.74 Å². The minimum Gasteiger partial charge on any atom is -0.478 e. The normalized spacial score (nSPS) is 13.0. The molecular formula is C18H23NO7. The summed E-state index contributed by atoms with van der Waals surface area (Å²) in [6, 6.07) is 4.04. The minimum absolute atomic E-state index is 0.0629. The lowest BCUT2D eigenvalue weighted by Gasteiger charge is -2.25. The molecule has 0 atom stereocenters. The maximum atomic E-state index is 11.7. The van der Waals surface area contributed by atoms with Crippen molar-refractivity contribution in [3.8, 4) is 5.75 Å². The number of benzene rings is 1. The maximum Gasteiger partial charge on any atom is 0.372 e. The molecule has 0 unspecified atom stereocenters. The Morgan fingerprint density at radius 2 is 1.58 bits per heavy atom. The number of carbonyl (C=O) groups is 2. The van der Waals surface area contributed by atoms with Crippen LogP contribution in [0.1, 0.15) is 47.1 Å². The van der Waals surface area contributed by atoms with Crippen molar-refractivity contribution in [1.29, 1.82) is 0 Å². The lowest BCUT2D eigenvalue weighted by Crippen LogP contribution is -2.26. The first kappa shape index (κ1) is 21.1. The SMILES string of the molecule is CC(C)(C)C(C(=O)O)=C(Oc1cccc([N+](=O)[O-])c1C(C)(C)C)C(=O)O. The molecule has 26 heavy (non-hydrogen) atoms. The van der Waals surface area contributed by atoms with Gasteiger partial charge in [-0.05, 0) is 16.9 Å². The molecule has 0 aromatic heterocycles. The molecule has 0 aliphatic heterocycles. The quantitative estimate of drug-likeness (QED) is 0.352. The summed E-state index contributed by atoms with van der Waals surface area (Å²) >= 11 is 0. The van der Waals surface area contributed by atoms with Gasteiger partial charge in [0.05, 0.1) is 16.1 Å². The van der Waals surface area contributed by atoms with Gasteiger partial charge in [-0.15, -0.1) is 0 Å². The van der Waals surface area contributed by atoms with Gasteiger partial charge in [0, 0.05) is 6.07 Å². The Morgan fingerprint density at radius 1 is 1.04 bits per heavy atom. The van der Waals surface area contributed by atoms with Crippen LogP contribution in [0, 0.1) is 15.5 Å². The van der Waals surface area contributed by atoms with Crippen LogP contribution in [0.4, 0.5) is 5.69 Å². The highest BCUT2D eigenvalue weighted by molar-refractivity contribution is 5.98. The summed E-state index contributed by atoms with van der Waals surface area (Å²) < 4.78 is 5.47. The minimum atomic E-state index is -1.57. The Balaban J connectivity index is 3.77. The van der Waals surface area contributed by atoms with Gasteiger partial charge in [0.1, 0.15) is 5.75 Å². The largest absolute Gasteiger partial charge is 0.478 e. The zero-order chi connectivity index (χ0) is 20.4. The molecule has 0 spiro atoms. The number of nitrogens with zero attached hydrogens (tertiary/aromatic N) is 1. The van der Waals surface area contributed by atoms with Crippen molar-refractivity contribution >= 4 is 17.6 Å². The number of hydrogen-bond acceptors (Lipinski definition) is 5. The summed E-state index contributed by atoms with van der Waals surface area (Å²) in [5.74, 6) is -3.83. The summed E-state index contributed by atoms with van der Waals surface area (Å²) in [5, 5.41) is 30.3. The molecule has 0 aliphatic carbocycles. The molecule has 0 amide bonds. The monoisotopic (exact) mass is 365 g/mol. The molecule has 0 aliphatic rings. The molecule has 0 heterocycles. The highest BCUT2D eigenvalue weighted by atomic mass is 16.6. The molecule has 8 heteroatoms. The van der Waals surface area contributed by atoms with Crippen LogP contribution in [0.15, 0.2) is 29.5 Å². The van der Waals surface area contributed by atoms with Crippen molar-refractivity contribution in [2.45, 2.75) is 47.0 Å². The van der Waals surface area contributed by atoms with E-state index < -0.39 is 39.0 Å². The number of ether oxygens (including phenoxy) is 1. The van der Waals surface area contributed by atoms with Crippen LogP contribution in [-0.4, -0.2) is 27.1 Å². The van der Waals surface area contributed by atoms with Crippen LogP contribution in [0.3, 0.4) is 0 Å². The molecule has 0 radical (unpaired) electrons. The third-order valence-corrected chi connectivity index (χ3v) is 3.55. The molecule has 1 aromatic rings. The van der Waals surface area contributed by atoms with E-state index in [1.807, 2.05) is 0 Å². The number of nitro benzene ring substituents is 1. The van der Waals surface area contributed by atoms with Gasteiger partial charge in [0.15, 0.2) is 0 Å². The zero-order valence-corrected chi connectivity index (χ0v) is 15.6. The smallest absolute Gasteiger partial charge is 0.372 e. The molecule has 142 valence electrons. The fraction of sp³-hybridized carbons (Fsp3) is 0.444. The van der Waals surface area contributed by atoms with E-state index in [1.165, 1.54) is 18.2 Å². The molecule has 1 aromatic carbocycles. The average Bonchev–Trinajstić information content (AvgIpc) is 2.42. The Bertz CT molecular complexity index is 780. The van der Waals surface area contributed by atoms with Gasteiger partial charge in [-0.1, -0.05) is 47.6 Å². The van der Waals surface area contributed by atoms with E-state index in [2.05, 4.69) is 0 Å². The summed E-state index contributed by atoms with van der Waals surface area (Å²) in [4.78, 5) is 34.1. The first-order valence-corrected chi connectivity index (χ1v) is 7.85. The molecular weight excluding hydrogens is 342 g/mol. The fourth-order valence-corrected chi connectivity index (χ4v) is 2.58. The van der Waals surface area contributed by atoms with Crippen LogP contribution in [0.5, 0.6) is 5.75 Å². The van der Waals surface area contributed by atoms with E-state index in [-0.39, 0.29) is 17.0 Å². The number of carboxylic acid groups (broad SMARTS) is 2. The first-order chi connectivity index (χ1) is 11.7. The lowest BCUT2D eigenvalue weighted by molar-refractivity contribution is -0.386. The van der Waals surface area contributed by atoms with Gasteiger partial charge in [0.25, 0.3) is 5.69 Å². The highest BCUT2D eigenvalue weighted by Gasteiger charge is 2.35. The number of rotatable bonds is 5. The van der Waals surface area contributed by atoms with E-state index >= 15 is 0 Å². The molecule has 0 bridgehead atoms.